The van der Waals surface area contributed by atoms with Crippen LogP contribution in [0.3, 0.4) is 0 Å². The van der Waals surface area contributed by atoms with E-state index in [2.05, 4.69) is 15.6 Å². The van der Waals surface area contributed by atoms with E-state index in [1.54, 1.807) is 53.5 Å². The van der Waals surface area contributed by atoms with Crippen LogP contribution in [-0.2, 0) is 4.79 Å². The number of aromatic nitrogens is 3. The number of thiophene rings is 1. The van der Waals surface area contributed by atoms with Crippen LogP contribution in [0.15, 0.2) is 71.2 Å². The van der Waals surface area contributed by atoms with Gasteiger partial charge < -0.3 is 15.4 Å². The minimum atomic E-state index is -0.474. The third-order valence-electron chi connectivity index (χ3n) is 5.44. The first-order chi connectivity index (χ1) is 16.5. The Morgan fingerprint density at radius 2 is 2.00 bits per heavy atom. The fraction of sp³-hybridized carbons (Fsp3) is 0.125. The molecule has 3 heterocycles. The van der Waals surface area contributed by atoms with Gasteiger partial charge in [-0.3, -0.25) is 4.79 Å². The normalized spacial score (nSPS) is 15.0. The fourth-order valence-corrected chi connectivity index (χ4v) is 5.19. The molecule has 0 saturated carbocycles. The third-order valence-corrected chi connectivity index (χ3v) is 6.91. The van der Waals surface area contributed by atoms with Crippen molar-refractivity contribution in [1.29, 1.82) is 0 Å². The number of allylic oxidation sites excluding steroid dienone is 1. The third kappa shape index (κ3) is 4.04. The van der Waals surface area contributed by atoms with Crippen LogP contribution < -0.4 is 15.4 Å². The molecule has 10 heteroatoms. The average molecular weight is 512 g/mol. The molecule has 0 aliphatic carbocycles. The minimum absolute atomic E-state index is 0.264. The maximum atomic E-state index is 13.6. The molecule has 1 atom stereocenters. The number of carbonyl (C=O) groups excluding carboxylic acids is 1. The van der Waals surface area contributed by atoms with E-state index in [4.69, 9.17) is 33.0 Å². The van der Waals surface area contributed by atoms with Gasteiger partial charge in [-0.15, -0.1) is 16.4 Å². The average Bonchev–Trinajstić information content (AvgIpc) is 3.48. The molecule has 2 aromatic carbocycles. The van der Waals surface area contributed by atoms with Crippen LogP contribution in [0.5, 0.6) is 5.75 Å². The maximum Gasteiger partial charge on any atom is 0.256 e. The Labute approximate surface area is 210 Å². The Bertz CT molecular complexity index is 1410. The van der Waals surface area contributed by atoms with Crippen molar-refractivity contribution in [2.75, 3.05) is 17.7 Å². The first kappa shape index (κ1) is 22.5. The van der Waals surface area contributed by atoms with Crippen molar-refractivity contribution in [3.8, 4) is 17.1 Å². The molecule has 1 amide bonds. The van der Waals surface area contributed by atoms with Crippen LogP contribution in [0.2, 0.25) is 10.0 Å². The predicted molar refractivity (Wildman–Crippen MR) is 136 cm³/mol. The molecule has 0 radical (unpaired) electrons. The van der Waals surface area contributed by atoms with Gasteiger partial charge in [0.2, 0.25) is 5.95 Å². The summed E-state index contributed by atoms with van der Waals surface area (Å²) >= 11 is 14.0. The van der Waals surface area contributed by atoms with Crippen LogP contribution in [0.4, 0.5) is 11.6 Å². The number of nitrogens with zero attached hydrogens (tertiary/aromatic N) is 3. The van der Waals surface area contributed by atoms with E-state index in [1.165, 1.54) is 0 Å². The van der Waals surface area contributed by atoms with E-state index >= 15 is 0 Å². The second-order valence-corrected chi connectivity index (χ2v) is 9.39. The van der Waals surface area contributed by atoms with Crippen molar-refractivity contribution in [3.63, 3.8) is 0 Å². The highest BCUT2D eigenvalue weighted by molar-refractivity contribution is 7.10. The van der Waals surface area contributed by atoms with Gasteiger partial charge in [-0.1, -0.05) is 41.4 Å². The number of ether oxygens (including phenoxy) is 1. The molecule has 4 aromatic rings. The van der Waals surface area contributed by atoms with Gasteiger partial charge in [-0.25, -0.2) is 4.68 Å². The highest BCUT2D eigenvalue weighted by Gasteiger charge is 2.35. The topological polar surface area (TPSA) is 81.1 Å². The Morgan fingerprint density at radius 3 is 2.74 bits per heavy atom. The molecular formula is C24H19Cl2N5O2S. The molecular weight excluding hydrogens is 493 g/mol. The van der Waals surface area contributed by atoms with E-state index < -0.39 is 6.04 Å². The Kier molecular flexibility index (Phi) is 6.03. The van der Waals surface area contributed by atoms with Gasteiger partial charge in [0.25, 0.3) is 5.91 Å². The summed E-state index contributed by atoms with van der Waals surface area (Å²) in [6.07, 6.45) is 0. The lowest BCUT2D eigenvalue weighted by molar-refractivity contribution is -0.113. The monoisotopic (exact) mass is 511 g/mol. The number of methoxy groups -OCH3 is 1. The number of amides is 1. The number of anilines is 2. The smallest absolute Gasteiger partial charge is 0.256 e. The summed E-state index contributed by atoms with van der Waals surface area (Å²) in [6, 6.07) is 15.9. The summed E-state index contributed by atoms with van der Waals surface area (Å²) in [5.74, 6) is 1.27. The fourth-order valence-electron chi connectivity index (χ4n) is 3.88. The number of fused-ring (bicyclic) bond motifs is 1. The lowest BCUT2D eigenvalue weighted by atomic mass is 10.0. The Morgan fingerprint density at radius 1 is 1.18 bits per heavy atom. The zero-order valence-corrected chi connectivity index (χ0v) is 20.5. The van der Waals surface area contributed by atoms with E-state index in [9.17, 15) is 4.79 Å². The zero-order chi connectivity index (χ0) is 23.8. The molecule has 1 aliphatic heterocycles. The first-order valence-corrected chi connectivity index (χ1v) is 12.0. The van der Waals surface area contributed by atoms with E-state index in [0.29, 0.717) is 50.1 Å². The molecule has 2 N–H and O–H groups in total. The highest BCUT2D eigenvalue weighted by atomic mass is 35.5. The standard InChI is InChI=1S/C24H19Cl2N5O2S/c1-13-20(23(32)28-17-6-3-4-7-18(17)33-2)21(19-8-5-11-34-19)31-24(27-13)29-22(30-31)15-10-9-14(25)12-16(15)26/h3-12,21H,1-2H3,(H,28,32)(H,27,29,30). The number of nitrogens with one attached hydrogen (secondary N) is 2. The summed E-state index contributed by atoms with van der Waals surface area (Å²) in [5.41, 5.74) is 2.44. The number of hydrogen-bond donors (Lipinski definition) is 2. The van der Waals surface area contributed by atoms with Gasteiger partial charge in [0.15, 0.2) is 5.82 Å². The quantitative estimate of drug-likeness (QED) is 0.331. The number of benzene rings is 2. The molecule has 1 unspecified atom stereocenters. The molecule has 2 aromatic heterocycles. The second kappa shape index (κ2) is 9.13. The van der Waals surface area contributed by atoms with E-state index in [-0.39, 0.29) is 5.91 Å². The summed E-state index contributed by atoms with van der Waals surface area (Å²) in [7, 11) is 1.57. The molecule has 0 fully saturated rings. The number of halogens is 2. The summed E-state index contributed by atoms with van der Waals surface area (Å²) in [5, 5.41) is 13.9. The number of carbonyl (C=O) groups is 1. The SMILES string of the molecule is COc1ccccc1NC(=O)C1=C(C)Nc2nc(-c3ccc(Cl)cc3Cl)nn2C1c1cccs1. The molecule has 5 rings (SSSR count). The Hall–Kier alpha value is -3.33. The van der Waals surface area contributed by atoms with Crippen molar-refractivity contribution in [2.45, 2.75) is 13.0 Å². The van der Waals surface area contributed by atoms with E-state index in [1.807, 2.05) is 36.6 Å². The molecule has 0 saturated heterocycles. The summed E-state index contributed by atoms with van der Waals surface area (Å²) < 4.78 is 7.11. The van der Waals surface area contributed by atoms with Crippen molar-refractivity contribution >= 4 is 52.1 Å². The Balaban J connectivity index is 1.58. The molecule has 172 valence electrons. The summed E-state index contributed by atoms with van der Waals surface area (Å²) in [4.78, 5) is 19.2. The van der Waals surface area contributed by atoms with Crippen LogP contribution in [0, 0.1) is 0 Å². The lowest BCUT2D eigenvalue weighted by Gasteiger charge is -2.27. The lowest BCUT2D eigenvalue weighted by Crippen LogP contribution is -2.31. The highest BCUT2D eigenvalue weighted by Crippen LogP contribution is 2.39. The predicted octanol–water partition coefficient (Wildman–Crippen LogP) is 6.25. The van der Waals surface area contributed by atoms with Crippen molar-refractivity contribution < 1.29 is 9.53 Å². The second-order valence-electron chi connectivity index (χ2n) is 7.56. The number of hydrogen-bond acceptors (Lipinski definition) is 6. The van der Waals surface area contributed by atoms with Gasteiger partial charge in [0.1, 0.15) is 11.8 Å². The van der Waals surface area contributed by atoms with Gasteiger partial charge >= 0.3 is 0 Å². The molecule has 0 bridgehead atoms. The van der Waals surface area contributed by atoms with E-state index in [0.717, 1.165) is 4.88 Å². The first-order valence-electron chi connectivity index (χ1n) is 10.3. The molecule has 7 nitrogen and oxygen atoms in total. The van der Waals surface area contributed by atoms with Crippen LogP contribution in [0.25, 0.3) is 11.4 Å². The minimum Gasteiger partial charge on any atom is -0.495 e. The van der Waals surface area contributed by atoms with Gasteiger partial charge in [0.05, 0.1) is 23.4 Å². The van der Waals surface area contributed by atoms with Crippen LogP contribution >= 0.6 is 34.5 Å². The molecule has 0 spiro atoms. The molecule has 1 aliphatic rings. The summed E-state index contributed by atoms with van der Waals surface area (Å²) in [6.45, 7) is 1.85. The van der Waals surface area contributed by atoms with Gasteiger partial charge in [-0.05, 0) is 48.7 Å². The van der Waals surface area contributed by atoms with Crippen LogP contribution in [-0.4, -0.2) is 27.8 Å². The van der Waals surface area contributed by atoms with Gasteiger partial charge in [-0.2, -0.15) is 4.98 Å². The van der Waals surface area contributed by atoms with Crippen LogP contribution in [0.1, 0.15) is 17.8 Å². The number of rotatable bonds is 5. The largest absolute Gasteiger partial charge is 0.495 e. The molecule has 34 heavy (non-hydrogen) atoms. The maximum absolute atomic E-state index is 13.6. The van der Waals surface area contributed by atoms with Crippen molar-refractivity contribution in [2.24, 2.45) is 0 Å². The zero-order valence-electron chi connectivity index (χ0n) is 18.2. The number of para-hydroxylation sites is 2. The van der Waals surface area contributed by atoms with Crippen molar-refractivity contribution in [3.05, 3.63) is 86.2 Å². The van der Waals surface area contributed by atoms with Crippen molar-refractivity contribution in [1.82, 2.24) is 14.8 Å². The van der Waals surface area contributed by atoms with Gasteiger partial charge in [0, 0.05) is 21.2 Å².